The molecule has 1 aromatic carbocycles. The number of rotatable bonds is 5. The normalized spacial score (nSPS) is 21.6. The molecule has 1 N–H and O–H groups in total. The number of hydrogen-bond acceptors (Lipinski definition) is 4. The molecule has 19 heavy (non-hydrogen) atoms. The molecule has 0 fully saturated rings. The monoisotopic (exact) mass is 279 g/mol. The van der Waals surface area contributed by atoms with Gasteiger partial charge in [-0.2, -0.15) is 0 Å². The van der Waals surface area contributed by atoms with Crippen molar-refractivity contribution in [2.75, 3.05) is 20.8 Å². The van der Waals surface area contributed by atoms with E-state index in [1.807, 2.05) is 17.5 Å². The summed E-state index contributed by atoms with van der Waals surface area (Å²) in [6.07, 6.45) is 1.85. The van der Waals surface area contributed by atoms with Gasteiger partial charge in [0.15, 0.2) is 0 Å². The fraction of sp³-hybridized carbons (Fsp3) is 0.533. The topological polar surface area (TPSA) is 30.5 Å². The van der Waals surface area contributed by atoms with Gasteiger partial charge in [-0.25, -0.2) is 0 Å². The number of likely N-dealkylation sites (N-methyl/N-ethyl adjacent to an activating group) is 1. The molecule has 0 unspecified atom stereocenters. The van der Waals surface area contributed by atoms with Crippen molar-refractivity contribution in [2.45, 2.75) is 25.8 Å². The third-order valence-corrected chi connectivity index (χ3v) is 4.16. The van der Waals surface area contributed by atoms with Gasteiger partial charge in [-0.1, -0.05) is 19.1 Å². The maximum absolute atomic E-state index is 5.49. The van der Waals surface area contributed by atoms with Crippen LogP contribution in [0.5, 0.6) is 11.5 Å². The zero-order chi connectivity index (χ0) is 13.8. The van der Waals surface area contributed by atoms with Crippen molar-refractivity contribution in [3.05, 3.63) is 23.3 Å². The number of nitrogens with one attached hydrogen (secondary N) is 1. The lowest BCUT2D eigenvalue weighted by atomic mass is 9.80. The van der Waals surface area contributed by atoms with Crippen LogP contribution >= 0.6 is 12.2 Å². The van der Waals surface area contributed by atoms with Crippen LogP contribution in [0, 0.1) is 5.92 Å². The minimum absolute atomic E-state index is 0.364. The van der Waals surface area contributed by atoms with E-state index in [0.29, 0.717) is 12.0 Å². The van der Waals surface area contributed by atoms with Crippen LogP contribution in [0.2, 0.25) is 0 Å². The number of benzene rings is 1. The van der Waals surface area contributed by atoms with Crippen molar-refractivity contribution in [3.8, 4) is 11.5 Å². The van der Waals surface area contributed by atoms with Gasteiger partial charge >= 0.3 is 0 Å². The molecule has 1 aromatic rings. The molecule has 1 aliphatic rings. The van der Waals surface area contributed by atoms with E-state index in [0.717, 1.165) is 30.9 Å². The molecule has 0 aromatic heterocycles. The van der Waals surface area contributed by atoms with Gasteiger partial charge in [-0.05, 0) is 36.9 Å². The Morgan fingerprint density at radius 3 is 2.26 bits per heavy atom. The first kappa shape index (κ1) is 14.3. The van der Waals surface area contributed by atoms with E-state index in [1.54, 1.807) is 14.2 Å². The predicted molar refractivity (Wildman–Crippen MR) is 81.6 cm³/mol. The van der Waals surface area contributed by atoms with E-state index in [1.165, 1.54) is 11.1 Å². The smallest absolute Gasteiger partial charge is 0.122 e. The van der Waals surface area contributed by atoms with Gasteiger partial charge in [0.25, 0.3) is 0 Å². The summed E-state index contributed by atoms with van der Waals surface area (Å²) in [5.41, 5.74) is 2.49. The summed E-state index contributed by atoms with van der Waals surface area (Å²) in [5, 5.41) is 5.40. The Balaban J connectivity index is 2.43. The Kier molecular flexibility index (Phi) is 4.77. The van der Waals surface area contributed by atoms with E-state index in [4.69, 9.17) is 21.7 Å². The molecule has 1 aliphatic carbocycles. The summed E-state index contributed by atoms with van der Waals surface area (Å²) in [6, 6.07) is 4.35. The predicted octanol–water partition coefficient (Wildman–Crippen LogP) is 2.40. The maximum Gasteiger partial charge on any atom is 0.122 e. The van der Waals surface area contributed by atoms with Crippen LogP contribution in [0.25, 0.3) is 0 Å². The minimum Gasteiger partial charge on any atom is -0.496 e. The summed E-state index contributed by atoms with van der Waals surface area (Å²) in [7, 11) is 3.43. The van der Waals surface area contributed by atoms with Crippen molar-refractivity contribution in [2.24, 2.45) is 5.92 Å². The van der Waals surface area contributed by atoms with Crippen molar-refractivity contribution in [1.29, 1.82) is 0 Å². The fourth-order valence-corrected chi connectivity index (χ4v) is 3.14. The average Bonchev–Trinajstić information content (AvgIpc) is 2.45. The van der Waals surface area contributed by atoms with E-state index in [2.05, 4.69) is 12.2 Å². The second-order valence-corrected chi connectivity index (χ2v) is 5.07. The molecule has 2 atom stereocenters. The third kappa shape index (κ3) is 2.74. The summed E-state index contributed by atoms with van der Waals surface area (Å²) in [5.74, 6) is 2.25. The van der Waals surface area contributed by atoms with Gasteiger partial charge in [-0.15, -0.1) is 0 Å². The van der Waals surface area contributed by atoms with E-state index in [-0.39, 0.29) is 0 Å². The summed E-state index contributed by atoms with van der Waals surface area (Å²) < 4.78 is 11.0. The standard InChI is InChI=1S/C15H21NO2S/c1-4-16-13-8-12-11(7-10(13)9-19)14(17-2)5-6-15(12)18-3/h5-6,9-10,13,16H,4,7-8H2,1-3H3/t10-,13+/m0/s1. The summed E-state index contributed by atoms with van der Waals surface area (Å²) in [6.45, 7) is 3.07. The van der Waals surface area contributed by atoms with Crippen molar-refractivity contribution < 1.29 is 9.47 Å². The largest absolute Gasteiger partial charge is 0.496 e. The Labute approximate surface area is 120 Å². The van der Waals surface area contributed by atoms with E-state index < -0.39 is 0 Å². The lowest BCUT2D eigenvalue weighted by Crippen LogP contribution is -2.42. The molecule has 0 saturated carbocycles. The third-order valence-electron chi connectivity index (χ3n) is 3.81. The molecule has 0 aliphatic heterocycles. The van der Waals surface area contributed by atoms with Gasteiger partial charge < -0.3 is 14.8 Å². The number of methoxy groups -OCH3 is 2. The lowest BCUT2D eigenvalue weighted by molar-refractivity contribution is 0.363. The Hall–Kier alpha value is -1.13. The van der Waals surface area contributed by atoms with Crippen LogP contribution in [-0.2, 0) is 12.8 Å². The second kappa shape index (κ2) is 6.35. The summed E-state index contributed by atoms with van der Waals surface area (Å²) in [4.78, 5) is 0. The van der Waals surface area contributed by atoms with Crippen molar-refractivity contribution in [1.82, 2.24) is 5.32 Å². The van der Waals surface area contributed by atoms with Crippen molar-refractivity contribution in [3.63, 3.8) is 0 Å². The molecule has 3 nitrogen and oxygen atoms in total. The van der Waals surface area contributed by atoms with Gasteiger partial charge in [0, 0.05) is 23.1 Å². The maximum atomic E-state index is 5.49. The quantitative estimate of drug-likeness (QED) is 0.839. The molecular weight excluding hydrogens is 258 g/mol. The van der Waals surface area contributed by atoms with Crippen LogP contribution < -0.4 is 14.8 Å². The highest BCUT2D eigenvalue weighted by molar-refractivity contribution is 7.79. The zero-order valence-corrected chi connectivity index (χ0v) is 12.5. The van der Waals surface area contributed by atoms with Gasteiger partial charge in [0.2, 0.25) is 0 Å². The number of ether oxygens (including phenoxy) is 2. The first-order valence-electron chi connectivity index (χ1n) is 6.66. The molecule has 104 valence electrons. The van der Waals surface area contributed by atoms with Gasteiger partial charge in [-0.3, -0.25) is 0 Å². The summed E-state index contributed by atoms with van der Waals surface area (Å²) >= 11 is 5.20. The van der Waals surface area contributed by atoms with Crippen LogP contribution in [0.4, 0.5) is 0 Å². The van der Waals surface area contributed by atoms with Gasteiger partial charge in [0.05, 0.1) is 14.2 Å². The van der Waals surface area contributed by atoms with Gasteiger partial charge in [0.1, 0.15) is 11.5 Å². The number of fused-ring (bicyclic) bond motifs is 1. The van der Waals surface area contributed by atoms with E-state index in [9.17, 15) is 0 Å². The molecule has 0 radical (unpaired) electrons. The molecule has 0 bridgehead atoms. The number of thiocarbonyl (C=S) groups is 1. The first-order chi connectivity index (χ1) is 9.24. The zero-order valence-electron chi connectivity index (χ0n) is 11.7. The molecule has 0 saturated heterocycles. The van der Waals surface area contributed by atoms with Crippen LogP contribution in [0.3, 0.4) is 0 Å². The Bertz CT molecular complexity index is 462. The number of hydrogen-bond donors (Lipinski definition) is 1. The van der Waals surface area contributed by atoms with E-state index >= 15 is 0 Å². The Morgan fingerprint density at radius 1 is 1.21 bits per heavy atom. The molecule has 0 amide bonds. The highest BCUT2D eigenvalue weighted by atomic mass is 32.1. The highest BCUT2D eigenvalue weighted by Crippen LogP contribution is 2.37. The fourth-order valence-electron chi connectivity index (χ4n) is 2.86. The van der Waals surface area contributed by atoms with Crippen LogP contribution in [0.15, 0.2) is 12.1 Å². The minimum atomic E-state index is 0.364. The molecular formula is C15H21NO2S. The first-order valence-corrected chi connectivity index (χ1v) is 7.13. The molecule has 4 heteroatoms. The SMILES string of the molecule is CCN[C@@H]1Cc2c(OC)ccc(OC)c2C[C@H]1C=S. The van der Waals surface area contributed by atoms with Crippen LogP contribution in [-0.4, -0.2) is 32.2 Å². The average molecular weight is 279 g/mol. The Morgan fingerprint density at radius 2 is 1.79 bits per heavy atom. The second-order valence-electron chi connectivity index (χ2n) is 4.80. The van der Waals surface area contributed by atoms with Crippen LogP contribution in [0.1, 0.15) is 18.1 Å². The molecule has 2 rings (SSSR count). The highest BCUT2D eigenvalue weighted by Gasteiger charge is 2.30. The molecule has 0 spiro atoms. The molecule has 0 heterocycles. The van der Waals surface area contributed by atoms with Crippen molar-refractivity contribution >= 4 is 17.6 Å². The lowest BCUT2D eigenvalue weighted by Gasteiger charge is -2.33.